The van der Waals surface area contributed by atoms with Gasteiger partial charge in [-0.15, -0.1) is 19.7 Å². The SMILES string of the molecule is C=CCO[C@@]12Cc3c(n(CC=C)c4ccccc34)[C@@H]3Oc4c(OCc5ccccc5)ccc5c4[C@@]31CCN(CC=C)[C@@H]2C5. The van der Waals surface area contributed by atoms with Crippen molar-refractivity contribution in [3.05, 3.63) is 133 Å². The summed E-state index contributed by atoms with van der Waals surface area (Å²) < 4.78 is 23.5. The number of likely N-dealkylation sites (tertiary alicyclic amines) is 1. The molecule has 0 radical (unpaired) electrons. The summed E-state index contributed by atoms with van der Waals surface area (Å²) in [5.74, 6) is 1.70. The summed E-state index contributed by atoms with van der Waals surface area (Å²) in [6.07, 6.45) is 8.36. The Bertz CT molecular complexity index is 1760. The van der Waals surface area contributed by atoms with Gasteiger partial charge in [-0.2, -0.15) is 0 Å². The van der Waals surface area contributed by atoms with E-state index < -0.39 is 5.60 Å². The molecule has 43 heavy (non-hydrogen) atoms. The van der Waals surface area contributed by atoms with Crippen LogP contribution in [0.15, 0.2) is 105 Å². The molecule has 0 N–H and O–H groups in total. The lowest BCUT2D eigenvalue weighted by Crippen LogP contribution is -2.75. The minimum absolute atomic E-state index is 0.175. The van der Waals surface area contributed by atoms with Crippen LogP contribution in [0.5, 0.6) is 11.5 Å². The van der Waals surface area contributed by atoms with Gasteiger partial charge in [-0.3, -0.25) is 4.90 Å². The molecule has 4 atom stereocenters. The molecule has 0 unspecified atom stereocenters. The molecule has 5 nitrogen and oxygen atoms in total. The van der Waals surface area contributed by atoms with Crippen molar-refractivity contribution in [3.63, 3.8) is 0 Å². The number of ether oxygens (including phenoxy) is 3. The van der Waals surface area contributed by atoms with Gasteiger partial charge >= 0.3 is 0 Å². The van der Waals surface area contributed by atoms with Gasteiger partial charge in [0, 0.05) is 48.6 Å². The Labute approximate surface area is 253 Å². The van der Waals surface area contributed by atoms with Gasteiger partial charge in [0.1, 0.15) is 12.2 Å². The third-order valence-corrected chi connectivity index (χ3v) is 10.5. The summed E-state index contributed by atoms with van der Waals surface area (Å²) in [4.78, 5) is 2.59. The second-order valence-corrected chi connectivity index (χ2v) is 12.4. The molecule has 4 aliphatic rings. The van der Waals surface area contributed by atoms with Crippen LogP contribution in [0.1, 0.15) is 40.5 Å². The lowest BCUT2D eigenvalue weighted by Gasteiger charge is -2.64. The van der Waals surface area contributed by atoms with Crippen LogP contribution in [0.25, 0.3) is 10.9 Å². The van der Waals surface area contributed by atoms with E-state index >= 15 is 0 Å². The minimum atomic E-state index is -0.500. The second-order valence-electron chi connectivity index (χ2n) is 12.4. The van der Waals surface area contributed by atoms with Crippen molar-refractivity contribution in [2.24, 2.45) is 0 Å². The molecule has 1 spiro atoms. The average Bonchev–Trinajstić information content (AvgIpc) is 3.54. The second kappa shape index (κ2) is 10.0. The number of aromatic nitrogens is 1. The zero-order valence-corrected chi connectivity index (χ0v) is 24.6. The van der Waals surface area contributed by atoms with Gasteiger partial charge in [0.05, 0.1) is 17.7 Å². The molecule has 2 bridgehead atoms. The Balaban J connectivity index is 1.39. The highest BCUT2D eigenvalue weighted by molar-refractivity contribution is 5.87. The maximum absolute atomic E-state index is 7.32. The van der Waals surface area contributed by atoms with Gasteiger partial charge in [-0.05, 0) is 41.7 Å². The van der Waals surface area contributed by atoms with E-state index in [1.165, 1.54) is 33.3 Å². The Hall–Kier alpha value is -4.06. The molecule has 3 aromatic carbocycles. The first-order valence-corrected chi connectivity index (χ1v) is 15.5. The Morgan fingerprint density at radius 3 is 2.56 bits per heavy atom. The van der Waals surface area contributed by atoms with Gasteiger partial charge in [0.15, 0.2) is 17.6 Å². The van der Waals surface area contributed by atoms with Crippen LogP contribution in [0.2, 0.25) is 0 Å². The largest absolute Gasteiger partial charge is 0.485 e. The molecule has 0 saturated carbocycles. The summed E-state index contributed by atoms with van der Waals surface area (Å²) in [6, 6.07) is 23.7. The molecule has 5 heteroatoms. The number of piperidine rings is 1. The summed E-state index contributed by atoms with van der Waals surface area (Å²) in [6.45, 7) is 15.8. The molecule has 0 amide bonds. The first-order valence-electron chi connectivity index (χ1n) is 15.5. The molecule has 4 aromatic rings. The Kier molecular flexibility index (Phi) is 6.18. The fraction of sp³-hybridized carbons (Fsp3) is 0.316. The summed E-state index contributed by atoms with van der Waals surface area (Å²) in [5.41, 5.74) is 6.71. The smallest absolute Gasteiger partial charge is 0.166 e. The van der Waals surface area contributed by atoms with E-state index in [0.717, 1.165) is 56.0 Å². The van der Waals surface area contributed by atoms with E-state index in [1.54, 1.807) is 0 Å². The molecular formula is C38H38N2O3. The van der Waals surface area contributed by atoms with E-state index in [0.29, 0.717) is 13.2 Å². The van der Waals surface area contributed by atoms with Crippen molar-refractivity contribution in [1.29, 1.82) is 0 Å². The number of para-hydroxylation sites is 1. The number of rotatable bonds is 10. The Morgan fingerprint density at radius 2 is 1.74 bits per heavy atom. The maximum atomic E-state index is 7.32. The zero-order chi connectivity index (χ0) is 29.2. The molecule has 2 aliphatic heterocycles. The fourth-order valence-electron chi connectivity index (χ4n) is 8.95. The third kappa shape index (κ3) is 3.52. The summed E-state index contributed by atoms with van der Waals surface area (Å²) in [7, 11) is 0. The van der Waals surface area contributed by atoms with E-state index in [1.807, 2.05) is 24.3 Å². The van der Waals surface area contributed by atoms with Gasteiger partial charge in [-0.1, -0.05) is 72.8 Å². The maximum Gasteiger partial charge on any atom is 0.166 e. The molecule has 1 fully saturated rings. The fourth-order valence-corrected chi connectivity index (χ4v) is 8.95. The van der Waals surface area contributed by atoms with Gasteiger partial charge in [-0.25, -0.2) is 0 Å². The molecular weight excluding hydrogens is 532 g/mol. The van der Waals surface area contributed by atoms with Crippen molar-refractivity contribution in [2.45, 2.75) is 55.6 Å². The van der Waals surface area contributed by atoms with Crippen LogP contribution in [-0.2, 0) is 36.1 Å². The van der Waals surface area contributed by atoms with E-state index in [-0.39, 0.29) is 17.6 Å². The minimum Gasteiger partial charge on any atom is -0.485 e. The summed E-state index contributed by atoms with van der Waals surface area (Å²) in [5, 5.41) is 1.27. The van der Waals surface area contributed by atoms with Crippen LogP contribution in [0.3, 0.4) is 0 Å². The number of benzene rings is 3. The number of allylic oxidation sites excluding steroid dienone is 1. The van der Waals surface area contributed by atoms with E-state index in [2.05, 4.69) is 89.9 Å². The molecule has 218 valence electrons. The van der Waals surface area contributed by atoms with E-state index in [9.17, 15) is 0 Å². The van der Waals surface area contributed by atoms with Crippen molar-refractivity contribution in [2.75, 3.05) is 19.7 Å². The van der Waals surface area contributed by atoms with E-state index in [4.69, 9.17) is 14.2 Å². The predicted molar refractivity (Wildman–Crippen MR) is 171 cm³/mol. The molecule has 1 saturated heterocycles. The highest BCUT2D eigenvalue weighted by Crippen LogP contribution is 2.70. The highest BCUT2D eigenvalue weighted by Gasteiger charge is 2.74. The monoisotopic (exact) mass is 570 g/mol. The summed E-state index contributed by atoms with van der Waals surface area (Å²) >= 11 is 0. The van der Waals surface area contributed by atoms with Crippen molar-refractivity contribution in [1.82, 2.24) is 9.47 Å². The van der Waals surface area contributed by atoms with Crippen LogP contribution >= 0.6 is 0 Å². The van der Waals surface area contributed by atoms with Gasteiger partial charge in [0.2, 0.25) is 0 Å². The number of hydrogen-bond acceptors (Lipinski definition) is 4. The topological polar surface area (TPSA) is 35.9 Å². The lowest BCUT2D eigenvalue weighted by molar-refractivity contribution is -0.197. The molecule has 3 heterocycles. The Morgan fingerprint density at radius 1 is 0.930 bits per heavy atom. The number of fused-ring (bicyclic) bond motifs is 4. The highest BCUT2D eigenvalue weighted by atomic mass is 16.5. The average molecular weight is 571 g/mol. The molecule has 8 rings (SSSR count). The molecule has 2 aliphatic carbocycles. The first-order chi connectivity index (χ1) is 21.2. The van der Waals surface area contributed by atoms with Crippen LogP contribution in [0.4, 0.5) is 0 Å². The number of hydrogen-bond donors (Lipinski definition) is 0. The number of nitrogens with zero attached hydrogens (tertiary/aromatic N) is 2. The van der Waals surface area contributed by atoms with Crippen molar-refractivity contribution < 1.29 is 14.2 Å². The first kappa shape index (κ1) is 26.6. The quantitative estimate of drug-likeness (QED) is 0.191. The van der Waals surface area contributed by atoms with Gasteiger partial charge in [0.25, 0.3) is 0 Å². The normalized spacial score (nSPS) is 26.3. The standard InChI is InChI=1S/C38H38N2O3/c1-4-19-39-21-18-37-33-27-16-17-31(41-25-26-12-8-7-9-13-26)35(33)43-36(37)34-29(24-38(37,32(39)23-27)42-22-6-3)28-14-10-11-15-30(28)40(34)20-5-2/h4-17,32,36H,1-3,18-25H2/t32-,36+,37+,38-/m1/s1. The van der Waals surface area contributed by atoms with Gasteiger partial charge < -0.3 is 18.8 Å². The van der Waals surface area contributed by atoms with Crippen molar-refractivity contribution >= 4 is 10.9 Å². The third-order valence-electron chi connectivity index (χ3n) is 10.5. The lowest BCUT2D eigenvalue weighted by atomic mass is 9.48. The molecule has 1 aromatic heterocycles. The zero-order valence-electron chi connectivity index (χ0n) is 24.6. The predicted octanol–water partition coefficient (Wildman–Crippen LogP) is 7.09. The van der Waals surface area contributed by atoms with Crippen LogP contribution in [-0.4, -0.2) is 40.8 Å². The van der Waals surface area contributed by atoms with Crippen LogP contribution in [0, 0.1) is 0 Å². The van der Waals surface area contributed by atoms with Crippen LogP contribution < -0.4 is 9.47 Å². The van der Waals surface area contributed by atoms with Crippen molar-refractivity contribution in [3.8, 4) is 11.5 Å².